The van der Waals surface area contributed by atoms with Gasteiger partial charge in [-0.05, 0) is 26.2 Å². The Bertz CT molecular complexity index is 207. The van der Waals surface area contributed by atoms with Crippen LogP contribution in [0.25, 0.3) is 0 Å². The van der Waals surface area contributed by atoms with Gasteiger partial charge in [-0.2, -0.15) is 0 Å². The van der Waals surface area contributed by atoms with E-state index in [0.29, 0.717) is 6.42 Å². The molecule has 0 fully saturated rings. The van der Waals surface area contributed by atoms with E-state index >= 15 is 0 Å². The van der Waals surface area contributed by atoms with Crippen LogP contribution in [-0.2, 0) is 14.3 Å². The number of esters is 1. The van der Waals surface area contributed by atoms with Crippen LogP contribution in [0.5, 0.6) is 0 Å². The van der Waals surface area contributed by atoms with Gasteiger partial charge in [0.05, 0.1) is 6.10 Å². The van der Waals surface area contributed by atoms with Crippen LogP contribution in [0.3, 0.4) is 0 Å². The second kappa shape index (κ2) is 5.78. The molecule has 0 aliphatic carbocycles. The van der Waals surface area contributed by atoms with Gasteiger partial charge in [0, 0.05) is 5.92 Å². The predicted molar refractivity (Wildman–Crippen MR) is 54.9 cm³/mol. The standard InChI is InChI=1S/C11H20O3/c1-6-9(7(2)3)10(12)11(13)14-8(4)5/h7-9H,6H2,1-5H3. The van der Waals surface area contributed by atoms with Crippen LogP contribution < -0.4 is 0 Å². The molecule has 0 amide bonds. The largest absolute Gasteiger partial charge is 0.457 e. The highest BCUT2D eigenvalue weighted by atomic mass is 16.5. The van der Waals surface area contributed by atoms with Crippen molar-refractivity contribution in [1.82, 2.24) is 0 Å². The van der Waals surface area contributed by atoms with Gasteiger partial charge in [-0.3, -0.25) is 4.79 Å². The minimum absolute atomic E-state index is 0.187. The summed E-state index contributed by atoms with van der Waals surface area (Å²) in [5.74, 6) is -1.11. The fourth-order valence-corrected chi connectivity index (χ4v) is 1.38. The Kier molecular flexibility index (Phi) is 5.43. The van der Waals surface area contributed by atoms with E-state index in [9.17, 15) is 9.59 Å². The van der Waals surface area contributed by atoms with E-state index in [-0.39, 0.29) is 17.9 Å². The summed E-state index contributed by atoms with van der Waals surface area (Å²) < 4.78 is 4.86. The number of ketones is 1. The zero-order valence-electron chi connectivity index (χ0n) is 9.66. The zero-order valence-corrected chi connectivity index (χ0v) is 9.66. The van der Waals surface area contributed by atoms with Crippen molar-refractivity contribution in [2.45, 2.75) is 47.1 Å². The predicted octanol–water partition coefficient (Wildman–Crippen LogP) is 2.19. The maximum atomic E-state index is 11.6. The van der Waals surface area contributed by atoms with E-state index in [1.54, 1.807) is 13.8 Å². The average Bonchev–Trinajstić information content (AvgIpc) is 2.03. The smallest absolute Gasteiger partial charge is 0.375 e. The Morgan fingerprint density at radius 1 is 1.14 bits per heavy atom. The van der Waals surface area contributed by atoms with Gasteiger partial charge >= 0.3 is 5.97 Å². The van der Waals surface area contributed by atoms with Crippen molar-refractivity contribution in [3.8, 4) is 0 Å². The molecule has 0 N–H and O–H groups in total. The first-order valence-electron chi connectivity index (χ1n) is 5.14. The van der Waals surface area contributed by atoms with Crippen molar-refractivity contribution in [2.24, 2.45) is 11.8 Å². The van der Waals surface area contributed by atoms with Crippen molar-refractivity contribution >= 4 is 11.8 Å². The van der Waals surface area contributed by atoms with Crippen molar-refractivity contribution < 1.29 is 14.3 Å². The lowest BCUT2D eigenvalue weighted by Gasteiger charge is -2.17. The highest BCUT2D eigenvalue weighted by Gasteiger charge is 2.28. The fourth-order valence-electron chi connectivity index (χ4n) is 1.38. The number of Topliss-reactive ketones (excluding diaryl/α,β-unsaturated/α-hetero) is 1. The van der Waals surface area contributed by atoms with E-state index < -0.39 is 11.8 Å². The molecule has 14 heavy (non-hydrogen) atoms. The molecule has 0 bridgehead atoms. The van der Waals surface area contributed by atoms with Crippen molar-refractivity contribution in [2.75, 3.05) is 0 Å². The van der Waals surface area contributed by atoms with Gasteiger partial charge in [-0.1, -0.05) is 20.8 Å². The second-order valence-corrected chi connectivity index (χ2v) is 4.08. The Hall–Kier alpha value is -0.860. The average molecular weight is 200 g/mol. The summed E-state index contributed by atoms with van der Waals surface area (Å²) in [7, 11) is 0. The molecule has 0 spiro atoms. The highest BCUT2D eigenvalue weighted by molar-refractivity contribution is 6.34. The van der Waals surface area contributed by atoms with Gasteiger partial charge < -0.3 is 4.74 Å². The minimum Gasteiger partial charge on any atom is -0.457 e. The van der Waals surface area contributed by atoms with Gasteiger partial charge in [0.25, 0.3) is 0 Å². The molecule has 3 heteroatoms. The van der Waals surface area contributed by atoms with E-state index in [1.807, 2.05) is 20.8 Å². The number of rotatable bonds is 5. The number of carbonyl (C=O) groups excluding carboxylic acids is 2. The first-order chi connectivity index (χ1) is 6.40. The van der Waals surface area contributed by atoms with Crippen LogP contribution >= 0.6 is 0 Å². The molecule has 0 aromatic heterocycles. The summed E-state index contributed by atoms with van der Waals surface area (Å²) in [5.41, 5.74) is 0. The lowest BCUT2D eigenvalue weighted by Crippen LogP contribution is -2.30. The summed E-state index contributed by atoms with van der Waals surface area (Å²) in [5, 5.41) is 0. The quantitative estimate of drug-likeness (QED) is 0.504. The van der Waals surface area contributed by atoms with Crippen LogP contribution in [-0.4, -0.2) is 17.9 Å². The monoisotopic (exact) mass is 200 g/mol. The second-order valence-electron chi connectivity index (χ2n) is 4.08. The molecular formula is C11H20O3. The minimum atomic E-state index is -0.694. The molecule has 0 heterocycles. The lowest BCUT2D eigenvalue weighted by molar-refractivity contribution is -0.159. The molecular weight excluding hydrogens is 180 g/mol. The molecule has 0 saturated heterocycles. The first-order valence-corrected chi connectivity index (χ1v) is 5.14. The molecule has 0 saturated carbocycles. The van der Waals surface area contributed by atoms with Crippen molar-refractivity contribution in [1.29, 1.82) is 0 Å². The number of hydrogen-bond donors (Lipinski definition) is 0. The van der Waals surface area contributed by atoms with E-state index in [1.165, 1.54) is 0 Å². The summed E-state index contributed by atoms with van der Waals surface area (Å²) in [6, 6.07) is 0. The summed E-state index contributed by atoms with van der Waals surface area (Å²) in [6.07, 6.45) is 0.458. The van der Waals surface area contributed by atoms with E-state index in [2.05, 4.69) is 0 Å². The lowest BCUT2D eigenvalue weighted by atomic mass is 9.89. The van der Waals surface area contributed by atoms with Crippen LogP contribution in [0.4, 0.5) is 0 Å². The van der Waals surface area contributed by atoms with E-state index in [4.69, 9.17) is 4.74 Å². The number of hydrogen-bond acceptors (Lipinski definition) is 3. The third kappa shape index (κ3) is 3.90. The van der Waals surface area contributed by atoms with Crippen LogP contribution in [0, 0.1) is 11.8 Å². The highest BCUT2D eigenvalue weighted by Crippen LogP contribution is 2.16. The van der Waals surface area contributed by atoms with Gasteiger partial charge in [0.15, 0.2) is 0 Å². The maximum Gasteiger partial charge on any atom is 0.375 e. The molecule has 82 valence electrons. The van der Waals surface area contributed by atoms with Gasteiger partial charge in [0.2, 0.25) is 5.78 Å². The Labute approximate surface area is 85.8 Å². The van der Waals surface area contributed by atoms with Crippen LogP contribution in [0.15, 0.2) is 0 Å². The normalized spacial score (nSPS) is 13.1. The molecule has 0 aromatic rings. The molecule has 0 aromatic carbocycles. The third-order valence-corrected chi connectivity index (χ3v) is 2.13. The van der Waals surface area contributed by atoms with Gasteiger partial charge in [-0.25, -0.2) is 4.79 Å². The Balaban J connectivity index is 4.36. The fraction of sp³-hybridized carbons (Fsp3) is 0.818. The van der Waals surface area contributed by atoms with Crippen LogP contribution in [0.1, 0.15) is 41.0 Å². The molecule has 1 unspecified atom stereocenters. The van der Waals surface area contributed by atoms with Gasteiger partial charge in [0.1, 0.15) is 0 Å². The summed E-state index contributed by atoms with van der Waals surface area (Å²) in [4.78, 5) is 22.9. The topological polar surface area (TPSA) is 43.4 Å². The maximum absolute atomic E-state index is 11.6. The number of carbonyl (C=O) groups is 2. The first kappa shape index (κ1) is 13.1. The SMILES string of the molecule is CCC(C(=O)C(=O)OC(C)C)C(C)C. The summed E-state index contributed by atoms with van der Waals surface area (Å²) in [6.45, 7) is 9.26. The molecule has 0 rings (SSSR count). The summed E-state index contributed by atoms with van der Waals surface area (Å²) >= 11 is 0. The van der Waals surface area contributed by atoms with Crippen LogP contribution in [0.2, 0.25) is 0 Å². The Morgan fingerprint density at radius 3 is 1.93 bits per heavy atom. The molecule has 0 aliphatic rings. The third-order valence-electron chi connectivity index (χ3n) is 2.13. The Morgan fingerprint density at radius 2 is 1.64 bits per heavy atom. The molecule has 0 radical (unpaired) electrons. The molecule has 1 atom stereocenters. The van der Waals surface area contributed by atoms with Gasteiger partial charge in [-0.15, -0.1) is 0 Å². The van der Waals surface area contributed by atoms with E-state index in [0.717, 1.165) is 0 Å². The molecule has 3 nitrogen and oxygen atoms in total. The van der Waals surface area contributed by atoms with Crippen molar-refractivity contribution in [3.63, 3.8) is 0 Å². The van der Waals surface area contributed by atoms with Crippen molar-refractivity contribution in [3.05, 3.63) is 0 Å². The molecule has 0 aliphatic heterocycles. The zero-order chi connectivity index (χ0) is 11.3. The number of ether oxygens (including phenoxy) is 1.